The highest BCUT2D eigenvalue weighted by Gasteiger charge is 2.16. The fourth-order valence-corrected chi connectivity index (χ4v) is 2.07. The van der Waals surface area contributed by atoms with Crippen molar-refractivity contribution in [3.63, 3.8) is 0 Å². The van der Waals surface area contributed by atoms with Crippen LogP contribution in [0.5, 0.6) is 5.75 Å². The van der Waals surface area contributed by atoms with Gasteiger partial charge >= 0.3 is 0 Å². The molecule has 0 aliphatic carbocycles. The molecule has 0 saturated carbocycles. The molecule has 0 saturated heterocycles. The van der Waals surface area contributed by atoms with Gasteiger partial charge in [-0.15, -0.1) is 0 Å². The lowest BCUT2D eigenvalue weighted by atomic mass is 10.1. The Hall–Kier alpha value is -1.06. The van der Waals surface area contributed by atoms with Gasteiger partial charge in [0.2, 0.25) is 0 Å². The summed E-state index contributed by atoms with van der Waals surface area (Å²) >= 11 is 0. The minimum atomic E-state index is 0.160. The Bertz CT molecular complexity index is 360. The molecule has 3 heteroatoms. The molecule has 0 bridgehead atoms. The number of hydrogen-bond acceptors (Lipinski definition) is 3. The summed E-state index contributed by atoms with van der Waals surface area (Å²) in [6, 6.07) is 8.41. The van der Waals surface area contributed by atoms with Crippen LogP contribution < -0.4 is 10.1 Å². The Morgan fingerprint density at radius 1 is 1.21 bits per heavy atom. The third-order valence-electron chi connectivity index (χ3n) is 3.36. The molecule has 1 N–H and O–H groups in total. The lowest BCUT2D eigenvalue weighted by Crippen LogP contribution is -2.46. The first kappa shape index (κ1) is 16.0. The van der Waals surface area contributed by atoms with Crippen LogP contribution in [0, 0.1) is 0 Å². The fourth-order valence-electron chi connectivity index (χ4n) is 2.07. The van der Waals surface area contributed by atoms with E-state index in [0.29, 0.717) is 0 Å². The van der Waals surface area contributed by atoms with Gasteiger partial charge < -0.3 is 15.0 Å². The lowest BCUT2D eigenvalue weighted by Gasteiger charge is -2.30. The van der Waals surface area contributed by atoms with Crippen LogP contribution in [-0.4, -0.2) is 44.2 Å². The SMILES string of the molecule is CCOc1ccc(CCN(C)CC(C)(C)NC)cc1. The van der Waals surface area contributed by atoms with E-state index in [9.17, 15) is 0 Å². The second-order valence-electron chi connectivity index (χ2n) is 5.70. The molecule has 0 amide bonds. The molecule has 0 aliphatic heterocycles. The van der Waals surface area contributed by atoms with Gasteiger partial charge in [-0.1, -0.05) is 12.1 Å². The predicted molar refractivity (Wildman–Crippen MR) is 82.0 cm³/mol. The van der Waals surface area contributed by atoms with Crippen LogP contribution in [0.3, 0.4) is 0 Å². The Morgan fingerprint density at radius 2 is 1.84 bits per heavy atom. The molecule has 1 rings (SSSR count). The largest absolute Gasteiger partial charge is 0.494 e. The second kappa shape index (κ2) is 7.51. The van der Waals surface area contributed by atoms with E-state index in [2.05, 4.69) is 55.4 Å². The molecular formula is C16H28N2O. The molecule has 19 heavy (non-hydrogen) atoms. The predicted octanol–water partition coefficient (Wildman–Crippen LogP) is 2.56. The van der Waals surface area contributed by atoms with Crippen LogP contribution >= 0.6 is 0 Å². The van der Waals surface area contributed by atoms with Gasteiger partial charge in [0.25, 0.3) is 0 Å². The molecule has 0 aliphatic rings. The van der Waals surface area contributed by atoms with Crippen LogP contribution in [0.15, 0.2) is 24.3 Å². The van der Waals surface area contributed by atoms with E-state index in [1.807, 2.05) is 14.0 Å². The van der Waals surface area contributed by atoms with Crippen molar-refractivity contribution in [3.8, 4) is 5.75 Å². The van der Waals surface area contributed by atoms with Crippen LogP contribution in [-0.2, 0) is 6.42 Å². The van der Waals surface area contributed by atoms with Crippen molar-refractivity contribution < 1.29 is 4.74 Å². The average molecular weight is 264 g/mol. The van der Waals surface area contributed by atoms with Gasteiger partial charge in [0.15, 0.2) is 0 Å². The fraction of sp³-hybridized carbons (Fsp3) is 0.625. The monoisotopic (exact) mass is 264 g/mol. The summed E-state index contributed by atoms with van der Waals surface area (Å²) in [4.78, 5) is 2.37. The Labute approximate surface area is 118 Å². The third-order valence-corrected chi connectivity index (χ3v) is 3.36. The first-order valence-corrected chi connectivity index (χ1v) is 7.06. The van der Waals surface area contributed by atoms with E-state index >= 15 is 0 Å². The van der Waals surface area contributed by atoms with Gasteiger partial charge in [0, 0.05) is 18.6 Å². The number of rotatable bonds is 8. The lowest BCUT2D eigenvalue weighted by molar-refractivity contribution is 0.246. The van der Waals surface area contributed by atoms with Crippen LogP contribution in [0.2, 0.25) is 0 Å². The maximum Gasteiger partial charge on any atom is 0.119 e. The minimum absolute atomic E-state index is 0.160. The number of ether oxygens (including phenoxy) is 1. The molecule has 0 spiro atoms. The highest BCUT2D eigenvalue weighted by molar-refractivity contribution is 5.27. The zero-order valence-electron chi connectivity index (χ0n) is 13.0. The highest BCUT2D eigenvalue weighted by Crippen LogP contribution is 2.13. The van der Waals surface area contributed by atoms with Crippen molar-refractivity contribution in [2.45, 2.75) is 32.7 Å². The molecule has 3 nitrogen and oxygen atoms in total. The zero-order valence-corrected chi connectivity index (χ0v) is 13.0. The molecule has 108 valence electrons. The van der Waals surface area contributed by atoms with E-state index in [4.69, 9.17) is 4.74 Å². The van der Waals surface area contributed by atoms with Crippen molar-refractivity contribution in [2.75, 3.05) is 33.8 Å². The number of nitrogens with zero attached hydrogens (tertiary/aromatic N) is 1. The first-order chi connectivity index (χ1) is 8.96. The van der Waals surface area contributed by atoms with Gasteiger partial charge in [-0.2, -0.15) is 0 Å². The smallest absolute Gasteiger partial charge is 0.119 e. The van der Waals surface area contributed by atoms with Crippen LogP contribution in [0.1, 0.15) is 26.3 Å². The normalized spacial score (nSPS) is 11.9. The zero-order chi connectivity index (χ0) is 14.3. The summed E-state index contributed by atoms with van der Waals surface area (Å²) in [5, 5.41) is 3.33. The number of hydrogen-bond donors (Lipinski definition) is 1. The maximum atomic E-state index is 5.45. The van der Waals surface area contributed by atoms with Gasteiger partial charge in [0.05, 0.1) is 6.61 Å². The van der Waals surface area contributed by atoms with Gasteiger partial charge in [0.1, 0.15) is 5.75 Å². The molecule has 0 unspecified atom stereocenters. The van der Waals surface area contributed by atoms with Gasteiger partial charge in [-0.05, 0) is 59.0 Å². The topological polar surface area (TPSA) is 24.5 Å². The van der Waals surface area contributed by atoms with E-state index in [0.717, 1.165) is 31.9 Å². The molecule has 0 aromatic heterocycles. The van der Waals surface area contributed by atoms with Gasteiger partial charge in [-0.3, -0.25) is 0 Å². The molecule has 1 aromatic carbocycles. The molecule has 0 atom stereocenters. The summed E-state index contributed by atoms with van der Waals surface area (Å²) in [6.07, 6.45) is 1.07. The standard InChI is InChI=1S/C16H28N2O/c1-6-19-15-9-7-14(8-10-15)11-12-18(5)13-16(2,3)17-4/h7-10,17H,6,11-13H2,1-5H3. The van der Waals surface area contributed by atoms with Crippen molar-refractivity contribution in [2.24, 2.45) is 0 Å². The summed E-state index contributed by atoms with van der Waals surface area (Å²) in [5.41, 5.74) is 1.52. The van der Waals surface area contributed by atoms with E-state index in [-0.39, 0.29) is 5.54 Å². The number of nitrogens with one attached hydrogen (secondary N) is 1. The Kier molecular flexibility index (Phi) is 6.32. The summed E-state index contributed by atoms with van der Waals surface area (Å²) < 4.78 is 5.45. The first-order valence-electron chi connectivity index (χ1n) is 7.06. The van der Waals surface area contributed by atoms with Crippen LogP contribution in [0.4, 0.5) is 0 Å². The Morgan fingerprint density at radius 3 is 2.37 bits per heavy atom. The van der Waals surface area contributed by atoms with Crippen molar-refractivity contribution in [1.82, 2.24) is 10.2 Å². The summed E-state index contributed by atoms with van der Waals surface area (Å²) in [7, 11) is 4.19. The minimum Gasteiger partial charge on any atom is -0.494 e. The second-order valence-corrected chi connectivity index (χ2v) is 5.70. The quantitative estimate of drug-likeness (QED) is 0.781. The van der Waals surface area contributed by atoms with Crippen molar-refractivity contribution in [3.05, 3.63) is 29.8 Å². The Balaban J connectivity index is 2.39. The summed E-state index contributed by atoms with van der Waals surface area (Å²) in [5.74, 6) is 0.955. The molecule has 0 radical (unpaired) electrons. The summed E-state index contributed by atoms with van der Waals surface area (Å²) in [6.45, 7) is 9.29. The van der Waals surface area contributed by atoms with Crippen molar-refractivity contribution >= 4 is 0 Å². The number of likely N-dealkylation sites (N-methyl/N-ethyl adjacent to an activating group) is 2. The molecule has 1 aromatic rings. The van der Waals surface area contributed by atoms with E-state index in [1.165, 1.54) is 5.56 Å². The average Bonchev–Trinajstić information content (AvgIpc) is 2.38. The van der Waals surface area contributed by atoms with Crippen molar-refractivity contribution in [1.29, 1.82) is 0 Å². The molecule has 0 heterocycles. The van der Waals surface area contributed by atoms with E-state index < -0.39 is 0 Å². The van der Waals surface area contributed by atoms with E-state index in [1.54, 1.807) is 0 Å². The maximum absolute atomic E-state index is 5.45. The highest BCUT2D eigenvalue weighted by atomic mass is 16.5. The number of benzene rings is 1. The van der Waals surface area contributed by atoms with Gasteiger partial charge in [-0.25, -0.2) is 0 Å². The third kappa shape index (κ3) is 6.08. The molecular weight excluding hydrogens is 236 g/mol. The van der Waals surface area contributed by atoms with Crippen LogP contribution in [0.25, 0.3) is 0 Å². The molecule has 0 fully saturated rings.